The van der Waals surface area contributed by atoms with Gasteiger partial charge in [0, 0.05) is 30.1 Å². The first-order valence-electron chi connectivity index (χ1n) is 7.51. The number of ether oxygens (including phenoxy) is 2. The van der Waals surface area contributed by atoms with Crippen molar-refractivity contribution < 1.29 is 9.47 Å². The van der Waals surface area contributed by atoms with Crippen LogP contribution in [0.4, 0.5) is 0 Å². The van der Waals surface area contributed by atoms with Gasteiger partial charge < -0.3 is 9.47 Å². The predicted molar refractivity (Wildman–Crippen MR) is 93.2 cm³/mol. The van der Waals surface area contributed by atoms with E-state index in [-0.39, 0.29) is 11.6 Å². The molecule has 0 spiro atoms. The van der Waals surface area contributed by atoms with Crippen LogP contribution in [0.2, 0.25) is 5.02 Å². The molecular formula is C16H24BrClN2O2. The number of halogens is 2. The fourth-order valence-electron chi connectivity index (χ4n) is 2.78. The molecule has 0 radical (unpaired) electrons. The molecular weight excluding hydrogens is 368 g/mol. The van der Waals surface area contributed by atoms with E-state index in [0.717, 1.165) is 29.3 Å². The lowest BCUT2D eigenvalue weighted by Gasteiger charge is -2.32. The van der Waals surface area contributed by atoms with E-state index in [1.54, 1.807) is 7.11 Å². The number of nitrogens with two attached hydrogens (primary N) is 1. The highest BCUT2D eigenvalue weighted by Gasteiger charge is 2.39. The van der Waals surface area contributed by atoms with E-state index in [1.807, 2.05) is 17.1 Å². The number of benzene rings is 1. The summed E-state index contributed by atoms with van der Waals surface area (Å²) in [6.45, 7) is 5.59. The summed E-state index contributed by atoms with van der Waals surface area (Å²) in [5.41, 5.74) is 1.13. The predicted octanol–water partition coefficient (Wildman–Crippen LogP) is 4.31. The maximum atomic E-state index is 6.31. The number of hydrazine groups is 1. The molecule has 1 aromatic rings. The molecule has 2 rings (SSSR count). The average Bonchev–Trinajstić information content (AvgIpc) is 2.72. The van der Waals surface area contributed by atoms with Crippen molar-refractivity contribution in [1.29, 1.82) is 0 Å². The van der Waals surface area contributed by atoms with Gasteiger partial charge >= 0.3 is 0 Å². The second-order valence-corrected chi connectivity index (χ2v) is 7.53. The van der Waals surface area contributed by atoms with E-state index in [1.165, 1.54) is 0 Å². The molecule has 0 amide bonds. The van der Waals surface area contributed by atoms with E-state index in [4.69, 9.17) is 26.9 Å². The van der Waals surface area contributed by atoms with Crippen LogP contribution in [-0.2, 0) is 4.74 Å². The largest absolute Gasteiger partial charge is 0.492 e. The van der Waals surface area contributed by atoms with Crippen LogP contribution in [0, 0.1) is 0 Å². The summed E-state index contributed by atoms with van der Waals surface area (Å²) >= 11 is 9.89. The minimum Gasteiger partial charge on any atom is -0.492 e. The standard InChI is InChI=1S/C16H24BrClN2O2/c1-16(2)6-5-14(20(16)19)11-9-15(13(18)10-12(11)17)22-8-4-7-21-3/h9-10,14H,4-8,19H2,1-3H3/t14-/m0/s1. The van der Waals surface area contributed by atoms with Crippen molar-refractivity contribution in [3.8, 4) is 5.75 Å². The molecule has 2 N–H and O–H groups in total. The molecule has 6 heteroatoms. The van der Waals surface area contributed by atoms with Crippen LogP contribution in [-0.4, -0.2) is 30.9 Å². The molecule has 1 saturated heterocycles. The lowest BCUT2D eigenvalue weighted by atomic mass is 10.0. The van der Waals surface area contributed by atoms with Crippen molar-refractivity contribution in [2.45, 2.75) is 44.7 Å². The summed E-state index contributed by atoms with van der Waals surface area (Å²) in [5, 5.41) is 2.55. The maximum absolute atomic E-state index is 6.31. The zero-order valence-corrected chi connectivity index (χ0v) is 15.7. The Morgan fingerprint density at radius 2 is 2.14 bits per heavy atom. The Balaban J connectivity index is 2.18. The molecule has 0 saturated carbocycles. The Labute approximate surface area is 146 Å². The van der Waals surface area contributed by atoms with Gasteiger partial charge in [0.1, 0.15) is 5.75 Å². The molecule has 1 heterocycles. The molecule has 1 aliphatic rings. The van der Waals surface area contributed by atoms with Crippen molar-refractivity contribution in [2.24, 2.45) is 5.84 Å². The zero-order valence-electron chi connectivity index (χ0n) is 13.4. The third-order valence-electron chi connectivity index (χ3n) is 4.22. The summed E-state index contributed by atoms with van der Waals surface area (Å²) in [5.74, 6) is 7.01. The zero-order chi connectivity index (χ0) is 16.3. The van der Waals surface area contributed by atoms with Gasteiger partial charge in [0.2, 0.25) is 0 Å². The van der Waals surface area contributed by atoms with E-state index in [9.17, 15) is 0 Å². The SMILES string of the molecule is COCCCOc1cc([C@@H]2CCC(C)(C)N2N)c(Br)cc1Cl. The van der Waals surface area contributed by atoms with Crippen molar-refractivity contribution in [1.82, 2.24) is 5.01 Å². The molecule has 0 unspecified atom stereocenters. The molecule has 1 atom stereocenters. The van der Waals surface area contributed by atoms with Crippen molar-refractivity contribution in [3.05, 3.63) is 27.2 Å². The number of methoxy groups -OCH3 is 1. The van der Waals surface area contributed by atoms with Gasteiger partial charge in [-0.1, -0.05) is 27.5 Å². The van der Waals surface area contributed by atoms with Gasteiger partial charge in [0.15, 0.2) is 0 Å². The van der Waals surface area contributed by atoms with Crippen molar-refractivity contribution >= 4 is 27.5 Å². The van der Waals surface area contributed by atoms with Gasteiger partial charge in [-0.15, -0.1) is 0 Å². The van der Waals surface area contributed by atoms with Crippen LogP contribution in [0.25, 0.3) is 0 Å². The Morgan fingerprint density at radius 3 is 2.73 bits per heavy atom. The average molecular weight is 392 g/mol. The molecule has 1 aliphatic heterocycles. The number of hydrogen-bond donors (Lipinski definition) is 1. The highest BCUT2D eigenvalue weighted by atomic mass is 79.9. The summed E-state index contributed by atoms with van der Waals surface area (Å²) in [4.78, 5) is 0. The minimum atomic E-state index is 0.00320. The molecule has 0 aromatic heterocycles. The molecule has 0 bridgehead atoms. The first kappa shape index (κ1) is 18.0. The number of nitrogens with zero attached hydrogens (tertiary/aromatic N) is 1. The molecule has 124 valence electrons. The molecule has 22 heavy (non-hydrogen) atoms. The summed E-state index contributed by atoms with van der Waals surface area (Å²) in [6, 6.07) is 4.07. The fraction of sp³-hybridized carbons (Fsp3) is 0.625. The summed E-state index contributed by atoms with van der Waals surface area (Å²) in [7, 11) is 1.68. The quantitative estimate of drug-likeness (QED) is 0.580. The van der Waals surface area contributed by atoms with Crippen LogP contribution < -0.4 is 10.6 Å². The third kappa shape index (κ3) is 3.95. The van der Waals surface area contributed by atoms with Crippen molar-refractivity contribution in [3.63, 3.8) is 0 Å². The van der Waals surface area contributed by atoms with Crippen LogP contribution >= 0.6 is 27.5 Å². The lowest BCUT2D eigenvalue weighted by Crippen LogP contribution is -2.44. The first-order valence-corrected chi connectivity index (χ1v) is 8.68. The Bertz CT molecular complexity index is 525. The second-order valence-electron chi connectivity index (χ2n) is 6.27. The van der Waals surface area contributed by atoms with Gasteiger partial charge in [-0.3, -0.25) is 5.84 Å². The Morgan fingerprint density at radius 1 is 1.41 bits per heavy atom. The van der Waals surface area contributed by atoms with Crippen LogP contribution in [0.3, 0.4) is 0 Å². The number of hydrogen-bond acceptors (Lipinski definition) is 4. The molecule has 0 aliphatic carbocycles. The van der Waals surface area contributed by atoms with Crippen LogP contribution in [0.5, 0.6) is 5.75 Å². The van der Waals surface area contributed by atoms with E-state index in [2.05, 4.69) is 29.8 Å². The third-order valence-corrected chi connectivity index (χ3v) is 5.21. The molecule has 1 fully saturated rings. The van der Waals surface area contributed by atoms with E-state index in [0.29, 0.717) is 24.0 Å². The second kappa shape index (κ2) is 7.49. The highest BCUT2D eigenvalue weighted by molar-refractivity contribution is 9.10. The van der Waals surface area contributed by atoms with Crippen molar-refractivity contribution in [2.75, 3.05) is 20.3 Å². The van der Waals surface area contributed by atoms with Crippen LogP contribution in [0.15, 0.2) is 16.6 Å². The van der Waals surface area contributed by atoms with Gasteiger partial charge in [-0.2, -0.15) is 0 Å². The smallest absolute Gasteiger partial charge is 0.138 e. The highest BCUT2D eigenvalue weighted by Crippen LogP contribution is 2.44. The monoisotopic (exact) mass is 390 g/mol. The normalized spacial score (nSPS) is 21.3. The fourth-order valence-corrected chi connectivity index (χ4v) is 3.74. The summed E-state index contributed by atoms with van der Waals surface area (Å²) in [6.07, 6.45) is 2.91. The van der Waals surface area contributed by atoms with Gasteiger partial charge in [0.05, 0.1) is 17.7 Å². The van der Waals surface area contributed by atoms with E-state index < -0.39 is 0 Å². The topological polar surface area (TPSA) is 47.7 Å². The van der Waals surface area contributed by atoms with E-state index >= 15 is 0 Å². The summed E-state index contributed by atoms with van der Waals surface area (Å²) < 4.78 is 11.8. The first-order chi connectivity index (χ1) is 10.4. The Hall–Kier alpha value is -0.330. The Kier molecular flexibility index (Phi) is 6.14. The van der Waals surface area contributed by atoms with Gasteiger partial charge in [0.25, 0.3) is 0 Å². The lowest BCUT2D eigenvalue weighted by molar-refractivity contribution is 0.130. The maximum Gasteiger partial charge on any atom is 0.138 e. The number of rotatable bonds is 6. The minimum absolute atomic E-state index is 0.00320. The molecule has 4 nitrogen and oxygen atoms in total. The van der Waals surface area contributed by atoms with Gasteiger partial charge in [-0.25, -0.2) is 5.01 Å². The van der Waals surface area contributed by atoms with Gasteiger partial charge in [-0.05, 0) is 44.4 Å². The molecule has 1 aromatic carbocycles. The van der Waals surface area contributed by atoms with Crippen LogP contribution in [0.1, 0.15) is 44.7 Å².